The highest BCUT2D eigenvalue weighted by Gasteiger charge is 2.29. The molecule has 3 aliphatic rings. The van der Waals surface area contributed by atoms with Crippen LogP contribution in [0.2, 0.25) is 0 Å². The van der Waals surface area contributed by atoms with Crippen molar-refractivity contribution in [3.05, 3.63) is 0 Å². The van der Waals surface area contributed by atoms with Gasteiger partial charge in [0.15, 0.2) is 0 Å². The number of hydrogen-bond donors (Lipinski definition) is 1. The minimum atomic E-state index is 0.732. The molecule has 116 valence electrons. The maximum atomic E-state index is 3.60. The molecule has 1 heterocycles. The summed E-state index contributed by atoms with van der Waals surface area (Å²) in [7, 11) is 2.16. The van der Waals surface area contributed by atoms with Crippen LogP contribution in [-0.2, 0) is 0 Å². The molecule has 2 aliphatic carbocycles. The molecule has 3 rings (SSSR count). The van der Waals surface area contributed by atoms with Gasteiger partial charge in [-0.2, -0.15) is 0 Å². The fourth-order valence-corrected chi connectivity index (χ4v) is 4.69. The van der Waals surface area contributed by atoms with Gasteiger partial charge < -0.3 is 5.32 Å². The quantitative estimate of drug-likeness (QED) is 0.833. The second-order valence-corrected chi connectivity index (χ2v) is 7.21. The zero-order valence-corrected chi connectivity index (χ0v) is 13.3. The Labute approximate surface area is 125 Å². The molecule has 0 aromatic carbocycles. The van der Waals surface area contributed by atoms with Crippen molar-refractivity contribution in [2.24, 2.45) is 5.92 Å². The molecule has 0 radical (unpaired) electrons. The van der Waals surface area contributed by atoms with Crippen LogP contribution in [0.1, 0.15) is 51.4 Å². The predicted molar refractivity (Wildman–Crippen MR) is 85.1 cm³/mol. The van der Waals surface area contributed by atoms with Crippen LogP contribution in [0, 0.1) is 5.92 Å². The number of hydrogen-bond acceptors (Lipinski definition) is 3. The van der Waals surface area contributed by atoms with Gasteiger partial charge in [0.1, 0.15) is 0 Å². The van der Waals surface area contributed by atoms with Gasteiger partial charge in [-0.3, -0.25) is 9.80 Å². The average Bonchev–Trinajstić information content (AvgIpc) is 3.18. The van der Waals surface area contributed by atoms with Crippen molar-refractivity contribution < 1.29 is 0 Å². The average molecular weight is 279 g/mol. The van der Waals surface area contributed by atoms with E-state index in [4.69, 9.17) is 0 Å². The lowest BCUT2D eigenvalue weighted by molar-refractivity contribution is 0.0865. The van der Waals surface area contributed by atoms with Crippen molar-refractivity contribution >= 4 is 0 Å². The van der Waals surface area contributed by atoms with Gasteiger partial charge in [-0.05, 0) is 38.6 Å². The summed E-state index contributed by atoms with van der Waals surface area (Å²) in [5.74, 6) is 0.938. The zero-order chi connectivity index (χ0) is 13.8. The van der Waals surface area contributed by atoms with Crippen molar-refractivity contribution in [3.63, 3.8) is 0 Å². The van der Waals surface area contributed by atoms with Crippen molar-refractivity contribution in [3.8, 4) is 0 Å². The summed E-state index contributed by atoms with van der Waals surface area (Å²) in [6.07, 6.45) is 11.7. The van der Waals surface area contributed by atoms with E-state index >= 15 is 0 Å². The van der Waals surface area contributed by atoms with Crippen molar-refractivity contribution in [1.29, 1.82) is 0 Å². The molecule has 1 atom stereocenters. The highest BCUT2D eigenvalue weighted by Crippen LogP contribution is 2.28. The number of likely N-dealkylation sites (N-methyl/N-ethyl adjacent to an activating group) is 1. The third-order valence-corrected chi connectivity index (χ3v) is 6.04. The summed E-state index contributed by atoms with van der Waals surface area (Å²) in [5.41, 5.74) is 0. The standard InChI is InChI=1S/C17H33N3/c1-18-17(15-6-2-3-7-15)14-19-10-12-20(13-11-19)16-8-4-5-9-16/h15-18H,2-14H2,1H3. The molecule has 0 bridgehead atoms. The van der Waals surface area contributed by atoms with Gasteiger partial charge in [0, 0.05) is 44.8 Å². The van der Waals surface area contributed by atoms with Gasteiger partial charge in [0.25, 0.3) is 0 Å². The molecule has 1 saturated heterocycles. The second kappa shape index (κ2) is 7.24. The predicted octanol–water partition coefficient (Wildman–Crippen LogP) is 2.32. The largest absolute Gasteiger partial charge is 0.315 e. The van der Waals surface area contributed by atoms with E-state index in [1.54, 1.807) is 0 Å². The molecule has 0 aromatic heterocycles. The Bertz CT molecular complexity index is 274. The Morgan fingerprint density at radius 2 is 1.50 bits per heavy atom. The molecule has 0 spiro atoms. The minimum Gasteiger partial charge on any atom is -0.315 e. The van der Waals surface area contributed by atoms with E-state index in [1.807, 2.05) is 0 Å². The molecular formula is C17H33N3. The van der Waals surface area contributed by atoms with E-state index in [-0.39, 0.29) is 0 Å². The molecule has 20 heavy (non-hydrogen) atoms. The number of piperazine rings is 1. The normalized spacial score (nSPS) is 29.2. The Morgan fingerprint density at radius 1 is 0.900 bits per heavy atom. The van der Waals surface area contributed by atoms with Crippen LogP contribution in [0.15, 0.2) is 0 Å². The van der Waals surface area contributed by atoms with Gasteiger partial charge in [-0.15, -0.1) is 0 Å². The highest BCUT2D eigenvalue weighted by molar-refractivity contribution is 4.86. The molecule has 3 heteroatoms. The van der Waals surface area contributed by atoms with Gasteiger partial charge >= 0.3 is 0 Å². The maximum absolute atomic E-state index is 3.60. The Morgan fingerprint density at radius 3 is 2.10 bits per heavy atom. The van der Waals surface area contributed by atoms with Crippen molar-refractivity contribution in [1.82, 2.24) is 15.1 Å². The maximum Gasteiger partial charge on any atom is 0.0220 e. The summed E-state index contributed by atoms with van der Waals surface area (Å²) in [5, 5.41) is 3.60. The van der Waals surface area contributed by atoms with Crippen molar-refractivity contribution in [2.45, 2.75) is 63.5 Å². The first-order chi connectivity index (χ1) is 9.86. The lowest BCUT2D eigenvalue weighted by atomic mass is 9.97. The van der Waals surface area contributed by atoms with Crippen LogP contribution < -0.4 is 5.32 Å². The Kier molecular flexibility index (Phi) is 5.36. The van der Waals surface area contributed by atoms with Crippen LogP contribution >= 0.6 is 0 Å². The van der Waals surface area contributed by atoms with E-state index in [2.05, 4.69) is 22.2 Å². The van der Waals surface area contributed by atoms with Crippen molar-refractivity contribution in [2.75, 3.05) is 39.8 Å². The summed E-state index contributed by atoms with van der Waals surface area (Å²) >= 11 is 0. The Hall–Kier alpha value is -0.120. The molecule has 3 fully saturated rings. The smallest absolute Gasteiger partial charge is 0.0220 e. The summed E-state index contributed by atoms with van der Waals surface area (Å²) < 4.78 is 0. The summed E-state index contributed by atoms with van der Waals surface area (Å²) in [4.78, 5) is 5.48. The van der Waals surface area contributed by atoms with Crippen LogP contribution in [0.25, 0.3) is 0 Å². The van der Waals surface area contributed by atoms with E-state index < -0.39 is 0 Å². The third-order valence-electron chi connectivity index (χ3n) is 6.04. The molecule has 0 aromatic rings. The number of rotatable bonds is 5. The van der Waals surface area contributed by atoms with E-state index in [0.717, 1.165) is 18.0 Å². The number of nitrogens with one attached hydrogen (secondary N) is 1. The zero-order valence-electron chi connectivity index (χ0n) is 13.3. The molecule has 3 nitrogen and oxygen atoms in total. The lowest BCUT2D eigenvalue weighted by Gasteiger charge is -2.40. The van der Waals surface area contributed by atoms with Gasteiger partial charge in [0.05, 0.1) is 0 Å². The second-order valence-electron chi connectivity index (χ2n) is 7.21. The van der Waals surface area contributed by atoms with Crippen LogP contribution in [0.5, 0.6) is 0 Å². The minimum absolute atomic E-state index is 0.732. The first kappa shape index (κ1) is 14.8. The number of nitrogens with zero attached hydrogens (tertiary/aromatic N) is 2. The SMILES string of the molecule is CNC(CN1CCN(C2CCCC2)CC1)C1CCCC1. The molecule has 1 unspecified atom stereocenters. The molecule has 1 aliphatic heterocycles. The van der Waals surface area contributed by atoms with E-state index in [9.17, 15) is 0 Å². The van der Waals surface area contributed by atoms with Gasteiger partial charge in [-0.1, -0.05) is 25.7 Å². The molecule has 0 amide bonds. The van der Waals surface area contributed by atoms with Gasteiger partial charge in [0.2, 0.25) is 0 Å². The first-order valence-electron chi connectivity index (χ1n) is 9.00. The van der Waals surface area contributed by atoms with E-state index in [0.29, 0.717) is 0 Å². The van der Waals surface area contributed by atoms with Crippen LogP contribution in [0.4, 0.5) is 0 Å². The molecular weight excluding hydrogens is 246 g/mol. The third kappa shape index (κ3) is 3.55. The Balaban J connectivity index is 1.42. The fraction of sp³-hybridized carbons (Fsp3) is 1.00. The summed E-state index contributed by atoms with van der Waals surface area (Å²) in [6.45, 7) is 6.49. The highest BCUT2D eigenvalue weighted by atomic mass is 15.3. The van der Waals surface area contributed by atoms with Gasteiger partial charge in [-0.25, -0.2) is 0 Å². The summed E-state index contributed by atoms with van der Waals surface area (Å²) in [6, 6.07) is 1.66. The van der Waals surface area contributed by atoms with Crippen LogP contribution in [-0.4, -0.2) is 61.7 Å². The first-order valence-corrected chi connectivity index (χ1v) is 9.00. The van der Waals surface area contributed by atoms with Crippen LogP contribution in [0.3, 0.4) is 0 Å². The van der Waals surface area contributed by atoms with E-state index in [1.165, 1.54) is 84.1 Å². The lowest BCUT2D eigenvalue weighted by Crippen LogP contribution is -2.53. The topological polar surface area (TPSA) is 18.5 Å². The molecule has 2 saturated carbocycles. The fourth-order valence-electron chi connectivity index (χ4n) is 4.69. The molecule has 1 N–H and O–H groups in total. The monoisotopic (exact) mass is 279 g/mol.